The van der Waals surface area contributed by atoms with Crippen LogP contribution in [0.2, 0.25) is 0 Å². The molecule has 0 atom stereocenters. The van der Waals surface area contributed by atoms with Crippen LogP contribution in [0.3, 0.4) is 0 Å². The highest BCUT2D eigenvalue weighted by Gasteiger charge is 2.08. The number of aromatic amines is 1. The summed E-state index contributed by atoms with van der Waals surface area (Å²) >= 11 is 0. The second-order valence-electron chi connectivity index (χ2n) is 5.89. The molecule has 0 radical (unpaired) electrons. The summed E-state index contributed by atoms with van der Waals surface area (Å²) in [5, 5.41) is 2.87. The summed E-state index contributed by atoms with van der Waals surface area (Å²) in [6.45, 7) is 0. The van der Waals surface area contributed by atoms with E-state index in [-0.39, 0.29) is 5.91 Å². The Kier molecular flexibility index (Phi) is 4.31. The fraction of sp³-hybridized carbons (Fsp3) is 0. The predicted molar refractivity (Wildman–Crippen MR) is 104 cm³/mol. The van der Waals surface area contributed by atoms with E-state index in [1.54, 1.807) is 30.3 Å². The molecule has 130 valence electrons. The molecule has 1 aromatic heterocycles. The number of carbonyl (C=O) groups is 1. The molecule has 0 spiro atoms. The first-order chi connectivity index (χ1) is 13.2. The average Bonchev–Trinajstić information content (AvgIpc) is 3.13. The van der Waals surface area contributed by atoms with E-state index in [1.807, 2.05) is 42.5 Å². The Balaban J connectivity index is 1.56. The highest BCUT2D eigenvalue weighted by molar-refractivity contribution is 6.04. The molecule has 3 aromatic carbocycles. The average molecular weight is 354 g/mol. The second kappa shape index (κ2) is 7.07. The molecule has 4 rings (SSSR count). The van der Waals surface area contributed by atoms with Crippen molar-refractivity contribution in [1.29, 1.82) is 0 Å². The Morgan fingerprint density at radius 3 is 2.52 bits per heavy atom. The Labute approximate surface area is 154 Å². The van der Waals surface area contributed by atoms with Crippen LogP contribution in [0, 0.1) is 0 Å². The maximum Gasteiger partial charge on any atom is 0.255 e. The van der Waals surface area contributed by atoms with Gasteiger partial charge in [-0.05, 0) is 54.6 Å². The number of carbonyl (C=O) groups excluding carboxylic acids is 2. The quantitative estimate of drug-likeness (QED) is 0.419. The number of isocyanates is 1. The number of H-pyrrole nitrogens is 1. The first-order valence-corrected chi connectivity index (χ1v) is 8.27. The van der Waals surface area contributed by atoms with E-state index in [1.165, 1.54) is 6.08 Å². The molecule has 0 saturated carbocycles. The molecule has 2 N–H and O–H groups in total. The number of aromatic nitrogens is 2. The number of imidazole rings is 1. The van der Waals surface area contributed by atoms with Crippen LogP contribution in [0.25, 0.3) is 22.4 Å². The second-order valence-corrected chi connectivity index (χ2v) is 5.89. The summed E-state index contributed by atoms with van der Waals surface area (Å²) in [5.41, 5.74) is 4.26. The number of fused-ring (bicyclic) bond motifs is 1. The number of amides is 1. The fourth-order valence-corrected chi connectivity index (χ4v) is 2.76. The van der Waals surface area contributed by atoms with Crippen LogP contribution in [-0.4, -0.2) is 22.0 Å². The van der Waals surface area contributed by atoms with Crippen LogP contribution < -0.4 is 5.32 Å². The first kappa shape index (κ1) is 16.4. The summed E-state index contributed by atoms with van der Waals surface area (Å²) in [6, 6.07) is 21.7. The lowest BCUT2D eigenvalue weighted by molar-refractivity contribution is 0.102. The highest BCUT2D eigenvalue weighted by Crippen LogP contribution is 2.25. The smallest absolute Gasteiger partial charge is 0.255 e. The van der Waals surface area contributed by atoms with E-state index >= 15 is 0 Å². The van der Waals surface area contributed by atoms with Crippen molar-refractivity contribution < 1.29 is 9.59 Å². The molecule has 0 aliphatic carbocycles. The molecular formula is C21H14N4O2. The van der Waals surface area contributed by atoms with Gasteiger partial charge in [0.25, 0.3) is 5.91 Å². The zero-order valence-electron chi connectivity index (χ0n) is 14.1. The molecule has 0 saturated heterocycles. The van der Waals surface area contributed by atoms with Gasteiger partial charge in [-0.2, -0.15) is 4.99 Å². The minimum Gasteiger partial charge on any atom is -0.338 e. The minimum absolute atomic E-state index is 0.157. The van der Waals surface area contributed by atoms with Crippen LogP contribution in [0.5, 0.6) is 0 Å². The third-order valence-corrected chi connectivity index (χ3v) is 4.09. The van der Waals surface area contributed by atoms with Crippen LogP contribution in [0.1, 0.15) is 10.4 Å². The summed E-state index contributed by atoms with van der Waals surface area (Å²) in [4.78, 5) is 34.0. The maximum absolute atomic E-state index is 12.2. The zero-order valence-corrected chi connectivity index (χ0v) is 14.1. The largest absolute Gasteiger partial charge is 0.338 e. The number of nitrogens with one attached hydrogen (secondary N) is 2. The normalized spacial score (nSPS) is 10.4. The number of nitrogens with zero attached hydrogens (tertiary/aromatic N) is 2. The first-order valence-electron chi connectivity index (χ1n) is 8.27. The van der Waals surface area contributed by atoms with E-state index < -0.39 is 0 Å². The van der Waals surface area contributed by atoms with Crippen molar-refractivity contribution in [2.75, 3.05) is 5.32 Å². The van der Waals surface area contributed by atoms with Crippen molar-refractivity contribution in [3.8, 4) is 11.4 Å². The Bertz CT molecular complexity index is 1160. The topological polar surface area (TPSA) is 87.2 Å². The molecule has 27 heavy (non-hydrogen) atoms. The van der Waals surface area contributed by atoms with Crippen LogP contribution in [-0.2, 0) is 4.79 Å². The zero-order chi connectivity index (χ0) is 18.6. The van der Waals surface area contributed by atoms with Crippen LogP contribution in [0.4, 0.5) is 11.4 Å². The van der Waals surface area contributed by atoms with E-state index in [0.29, 0.717) is 22.8 Å². The third kappa shape index (κ3) is 3.51. The van der Waals surface area contributed by atoms with Crippen molar-refractivity contribution in [3.05, 3.63) is 78.4 Å². The molecule has 0 aliphatic rings. The number of hydrogen-bond donors (Lipinski definition) is 2. The Hall–Kier alpha value is -4.02. The monoisotopic (exact) mass is 354 g/mol. The molecule has 0 unspecified atom stereocenters. The predicted octanol–water partition coefficient (Wildman–Crippen LogP) is 4.45. The van der Waals surface area contributed by atoms with Gasteiger partial charge in [-0.1, -0.05) is 18.2 Å². The number of benzene rings is 3. The number of aliphatic imine (C=N–C) groups is 1. The van der Waals surface area contributed by atoms with Gasteiger partial charge in [-0.3, -0.25) is 4.79 Å². The van der Waals surface area contributed by atoms with Gasteiger partial charge in [0.05, 0.1) is 16.7 Å². The van der Waals surface area contributed by atoms with Gasteiger partial charge >= 0.3 is 0 Å². The van der Waals surface area contributed by atoms with Crippen molar-refractivity contribution in [2.24, 2.45) is 4.99 Å². The van der Waals surface area contributed by atoms with E-state index in [2.05, 4.69) is 20.3 Å². The fourth-order valence-electron chi connectivity index (χ4n) is 2.76. The number of anilines is 1. The lowest BCUT2D eigenvalue weighted by atomic mass is 10.1. The number of rotatable bonds is 4. The Morgan fingerprint density at radius 1 is 1.00 bits per heavy atom. The van der Waals surface area contributed by atoms with Crippen molar-refractivity contribution in [1.82, 2.24) is 9.97 Å². The standard InChI is InChI=1S/C21H14N4O2/c26-13-22-17-10-11-18-19(12-17)25-20(24-18)14-6-8-16(9-7-14)23-21(27)15-4-2-1-3-5-15/h1-12H,(H,23,27)(H,24,25). The molecule has 0 fully saturated rings. The van der Waals surface area contributed by atoms with E-state index in [0.717, 1.165) is 16.6 Å². The number of hydrogen-bond acceptors (Lipinski definition) is 4. The van der Waals surface area contributed by atoms with Crippen molar-refractivity contribution in [3.63, 3.8) is 0 Å². The highest BCUT2D eigenvalue weighted by atomic mass is 16.1. The molecule has 1 amide bonds. The van der Waals surface area contributed by atoms with E-state index in [9.17, 15) is 9.59 Å². The van der Waals surface area contributed by atoms with Gasteiger partial charge in [0.15, 0.2) is 0 Å². The molecular weight excluding hydrogens is 340 g/mol. The molecule has 6 heteroatoms. The third-order valence-electron chi connectivity index (χ3n) is 4.09. The SMILES string of the molecule is O=C=Nc1ccc2nc(-c3ccc(NC(=O)c4ccccc4)cc3)[nH]c2c1. The maximum atomic E-state index is 12.2. The van der Waals surface area contributed by atoms with Gasteiger partial charge in [-0.15, -0.1) is 0 Å². The molecule has 1 heterocycles. The lowest BCUT2D eigenvalue weighted by Crippen LogP contribution is -2.11. The molecule has 0 bridgehead atoms. The van der Waals surface area contributed by atoms with Crippen LogP contribution in [0.15, 0.2) is 77.8 Å². The molecule has 6 nitrogen and oxygen atoms in total. The van der Waals surface area contributed by atoms with Crippen molar-refractivity contribution >= 4 is 34.4 Å². The summed E-state index contributed by atoms with van der Waals surface area (Å²) < 4.78 is 0. The summed E-state index contributed by atoms with van der Waals surface area (Å²) in [7, 11) is 0. The van der Waals surface area contributed by atoms with Gasteiger partial charge < -0.3 is 10.3 Å². The van der Waals surface area contributed by atoms with Gasteiger partial charge in [-0.25, -0.2) is 9.78 Å². The summed E-state index contributed by atoms with van der Waals surface area (Å²) in [6.07, 6.45) is 1.53. The van der Waals surface area contributed by atoms with Gasteiger partial charge in [0.1, 0.15) is 5.82 Å². The van der Waals surface area contributed by atoms with Gasteiger partial charge in [0, 0.05) is 16.8 Å². The van der Waals surface area contributed by atoms with Crippen molar-refractivity contribution in [2.45, 2.75) is 0 Å². The molecule has 0 aliphatic heterocycles. The van der Waals surface area contributed by atoms with Crippen LogP contribution >= 0.6 is 0 Å². The summed E-state index contributed by atoms with van der Waals surface area (Å²) in [5.74, 6) is 0.536. The lowest BCUT2D eigenvalue weighted by Gasteiger charge is -2.05. The van der Waals surface area contributed by atoms with Gasteiger partial charge in [0.2, 0.25) is 6.08 Å². The van der Waals surface area contributed by atoms with E-state index in [4.69, 9.17) is 0 Å². The Morgan fingerprint density at radius 2 is 1.78 bits per heavy atom. The minimum atomic E-state index is -0.157. The molecule has 4 aromatic rings.